The van der Waals surface area contributed by atoms with E-state index in [0.29, 0.717) is 11.1 Å². The lowest BCUT2D eigenvalue weighted by molar-refractivity contribution is -0.150. The highest BCUT2D eigenvalue weighted by atomic mass is 32.2. The lowest BCUT2D eigenvalue weighted by Crippen LogP contribution is -2.56. The Morgan fingerprint density at radius 3 is 1.94 bits per heavy atom. The molecule has 7 nitrogen and oxygen atoms in total. The van der Waals surface area contributed by atoms with E-state index in [0.717, 1.165) is 28.9 Å². The number of amides is 1. The van der Waals surface area contributed by atoms with Crippen molar-refractivity contribution in [1.82, 2.24) is 10.0 Å². The number of aryl methyl sites for hydroxylation is 2. The molecule has 4 aliphatic carbocycles. The molecular weight excluding hydrogens is 464 g/mol. The number of sulfonamides is 1. The molecule has 0 saturated heterocycles. The molecule has 0 aliphatic heterocycles. The number of rotatable bonds is 8. The van der Waals surface area contributed by atoms with Gasteiger partial charge in [0, 0.05) is 6.04 Å². The third kappa shape index (κ3) is 5.15. The van der Waals surface area contributed by atoms with Crippen LogP contribution in [0.4, 0.5) is 0 Å². The van der Waals surface area contributed by atoms with Crippen molar-refractivity contribution in [3.8, 4) is 0 Å². The summed E-state index contributed by atoms with van der Waals surface area (Å²) in [5.74, 6) is 1.26. The number of hydrogen-bond acceptors (Lipinski definition) is 5. The van der Waals surface area contributed by atoms with Crippen molar-refractivity contribution in [3.63, 3.8) is 0 Å². The Balaban J connectivity index is 1.32. The predicted molar refractivity (Wildman–Crippen MR) is 134 cm³/mol. The summed E-state index contributed by atoms with van der Waals surface area (Å²) >= 11 is 0. The number of nitrogens with one attached hydrogen (secondary N) is 2. The second kappa shape index (κ2) is 9.51. The van der Waals surface area contributed by atoms with Gasteiger partial charge in [-0.3, -0.25) is 9.59 Å². The molecule has 2 N–H and O–H groups in total. The van der Waals surface area contributed by atoms with Crippen LogP contribution in [-0.2, 0) is 24.3 Å². The molecule has 1 aromatic rings. The largest absolute Gasteiger partial charge is 0.454 e. The van der Waals surface area contributed by atoms with Gasteiger partial charge in [-0.25, -0.2) is 8.42 Å². The van der Waals surface area contributed by atoms with Gasteiger partial charge in [0.05, 0.1) is 4.90 Å². The van der Waals surface area contributed by atoms with Gasteiger partial charge in [-0.2, -0.15) is 4.72 Å². The molecular formula is C27H40N2O5S. The zero-order valence-electron chi connectivity index (χ0n) is 21.9. The normalized spacial score (nSPS) is 29.0. The molecule has 5 rings (SSSR count). The Morgan fingerprint density at radius 1 is 0.971 bits per heavy atom. The number of esters is 1. The maximum Gasteiger partial charge on any atom is 0.324 e. The first-order valence-electron chi connectivity index (χ1n) is 12.9. The number of carbonyl (C=O) groups is 2. The molecule has 0 radical (unpaired) electrons. The average Bonchev–Trinajstić information content (AvgIpc) is 2.74. The minimum atomic E-state index is -3.95. The molecule has 194 valence electrons. The van der Waals surface area contributed by atoms with Gasteiger partial charge in [-0.05, 0) is 125 Å². The third-order valence-corrected chi connectivity index (χ3v) is 10.8. The van der Waals surface area contributed by atoms with Gasteiger partial charge in [0.2, 0.25) is 10.0 Å². The fraction of sp³-hybridized carbons (Fsp3) is 0.704. The van der Waals surface area contributed by atoms with Crippen LogP contribution in [0.5, 0.6) is 0 Å². The number of carbonyl (C=O) groups excluding carboxylic acids is 2. The quantitative estimate of drug-likeness (QED) is 0.524. The molecule has 1 amide bonds. The van der Waals surface area contributed by atoms with Crippen LogP contribution < -0.4 is 10.0 Å². The standard InChI is InChI=1S/C27H40N2O5S/c1-15-7-16(2)18(4)25(17(15)3)35(32,33)29-19(5)26(31)34-14-24(30)28-20(6)27-11-21-8-22(12-27)10-23(9-21)13-27/h7,19-23,29H,8-14H2,1-6H3,(H,28,30). The second-order valence-electron chi connectivity index (χ2n) is 11.6. The van der Waals surface area contributed by atoms with Gasteiger partial charge < -0.3 is 10.1 Å². The first kappa shape index (κ1) is 26.1. The summed E-state index contributed by atoms with van der Waals surface area (Å²) in [6.07, 6.45) is 7.55. The molecule has 0 heterocycles. The third-order valence-electron chi connectivity index (χ3n) is 8.98. The molecule has 4 aliphatic rings. The van der Waals surface area contributed by atoms with Crippen molar-refractivity contribution >= 4 is 21.9 Å². The molecule has 0 spiro atoms. The topological polar surface area (TPSA) is 102 Å². The molecule has 8 heteroatoms. The average molecular weight is 505 g/mol. The molecule has 4 saturated carbocycles. The fourth-order valence-corrected chi connectivity index (χ4v) is 9.14. The maximum absolute atomic E-state index is 13.1. The minimum absolute atomic E-state index is 0.0357. The van der Waals surface area contributed by atoms with Gasteiger partial charge in [0.25, 0.3) is 5.91 Å². The summed E-state index contributed by atoms with van der Waals surface area (Å²) in [4.78, 5) is 25.3. The first-order valence-corrected chi connectivity index (χ1v) is 14.4. The molecule has 2 unspecified atom stereocenters. The summed E-state index contributed by atoms with van der Waals surface area (Å²) < 4.78 is 33.8. The van der Waals surface area contributed by atoms with Crippen molar-refractivity contribution in [2.45, 2.75) is 97.0 Å². The van der Waals surface area contributed by atoms with Crippen molar-refractivity contribution in [1.29, 1.82) is 0 Å². The van der Waals surface area contributed by atoms with Crippen molar-refractivity contribution in [2.75, 3.05) is 6.61 Å². The lowest BCUT2D eigenvalue weighted by atomic mass is 9.48. The van der Waals surface area contributed by atoms with E-state index in [4.69, 9.17) is 4.74 Å². The zero-order valence-corrected chi connectivity index (χ0v) is 22.7. The SMILES string of the molecule is Cc1cc(C)c(C)c(S(=O)(=O)NC(C)C(=O)OCC(=O)NC(C)C23CC4CC(CC(C4)C2)C3)c1C. The van der Waals surface area contributed by atoms with E-state index in [9.17, 15) is 18.0 Å². The molecule has 2 atom stereocenters. The van der Waals surface area contributed by atoms with Crippen LogP contribution in [0, 0.1) is 50.9 Å². The summed E-state index contributed by atoms with van der Waals surface area (Å²) in [6.45, 7) is 10.3. The van der Waals surface area contributed by atoms with E-state index >= 15 is 0 Å². The Kier molecular flexibility index (Phi) is 7.10. The summed E-state index contributed by atoms with van der Waals surface area (Å²) in [7, 11) is -3.95. The second-order valence-corrected chi connectivity index (χ2v) is 13.3. The first-order chi connectivity index (χ1) is 16.3. The van der Waals surface area contributed by atoms with Crippen LogP contribution in [-0.4, -0.2) is 39.0 Å². The zero-order chi connectivity index (χ0) is 25.7. The van der Waals surface area contributed by atoms with Crippen LogP contribution in [0.15, 0.2) is 11.0 Å². The molecule has 4 fully saturated rings. The van der Waals surface area contributed by atoms with E-state index in [-0.39, 0.29) is 22.3 Å². The highest BCUT2D eigenvalue weighted by Crippen LogP contribution is 2.61. The van der Waals surface area contributed by atoms with Crippen LogP contribution in [0.25, 0.3) is 0 Å². The van der Waals surface area contributed by atoms with Crippen molar-refractivity contribution < 1.29 is 22.7 Å². The summed E-state index contributed by atoms with van der Waals surface area (Å²) in [6, 6.07) is 0.867. The number of hydrogen-bond donors (Lipinski definition) is 2. The highest BCUT2D eigenvalue weighted by molar-refractivity contribution is 7.89. The summed E-state index contributed by atoms with van der Waals surface area (Å²) in [5, 5.41) is 3.08. The van der Waals surface area contributed by atoms with E-state index in [1.807, 2.05) is 19.9 Å². The Labute approximate surface area is 209 Å². The fourth-order valence-electron chi connectivity index (χ4n) is 7.33. The highest BCUT2D eigenvalue weighted by Gasteiger charge is 2.53. The van der Waals surface area contributed by atoms with Crippen LogP contribution >= 0.6 is 0 Å². The Hall–Kier alpha value is -1.93. The van der Waals surface area contributed by atoms with Gasteiger partial charge in [0.15, 0.2) is 6.61 Å². The number of ether oxygens (including phenoxy) is 1. The van der Waals surface area contributed by atoms with Gasteiger partial charge >= 0.3 is 5.97 Å². The van der Waals surface area contributed by atoms with Crippen LogP contribution in [0.3, 0.4) is 0 Å². The van der Waals surface area contributed by atoms with Gasteiger partial charge in [0.1, 0.15) is 6.04 Å². The molecule has 4 bridgehead atoms. The predicted octanol–water partition coefficient (Wildman–Crippen LogP) is 3.85. The maximum atomic E-state index is 13.1. The van der Waals surface area contributed by atoms with Crippen LogP contribution in [0.2, 0.25) is 0 Å². The Bertz CT molecular complexity index is 1070. The molecule has 1 aromatic carbocycles. The monoisotopic (exact) mass is 504 g/mol. The van der Waals surface area contributed by atoms with Gasteiger partial charge in [-0.15, -0.1) is 0 Å². The summed E-state index contributed by atoms with van der Waals surface area (Å²) in [5.41, 5.74) is 3.21. The lowest BCUT2D eigenvalue weighted by Gasteiger charge is -2.59. The molecule has 35 heavy (non-hydrogen) atoms. The van der Waals surface area contributed by atoms with E-state index in [1.54, 1.807) is 13.8 Å². The van der Waals surface area contributed by atoms with E-state index < -0.39 is 28.6 Å². The van der Waals surface area contributed by atoms with Crippen LogP contribution in [0.1, 0.15) is 74.6 Å². The van der Waals surface area contributed by atoms with Crippen molar-refractivity contribution in [3.05, 3.63) is 28.3 Å². The number of benzene rings is 1. The van der Waals surface area contributed by atoms with Gasteiger partial charge in [-0.1, -0.05) is 6.07 Å². The minimum Gasteiger partial charge on any atom is -0.454 e. The van der Waals surface area contributed by atoms with Crippen molar-refractivity contribution in [2.24, 2.45) is 23.2 Å². The smallest absolute Gasteiger partial charge is 0.324 e. The molecule has 0 aromatic heterocycles. The van der Waals surface area contributed by atoms with E-state index in [2.05, 4.69) is 17.0 Å². The Morgan fingerprint density at radius 2 is 1.46 bits per heavy atom. The van der Waals surface area contributed by atoms with E-state index in [1.165, 1.54) is 45.4 Å².